The number of amidine groups is 1. The SMILES string of the molecule is CCC1=C(C(=O)OCCC#N)C(c2ccc([N+](=O)[O-])cc2)N(N(C=O)CCCN2CCC(C(=O)OC)(c3ccccc3)CC2)C(OC)=N1. The smallest absolute Gasteiger partial charge is 0.338 e. The number of amides is 1. The van der Waals surface area contributed by atoms with Gasteiger partial charge in [0.05, 0.1) is 48.3 Å². The number of likely N-dealkylation sites (tertiary alicyclic amines) is 1. The molecule has 1 atom stereocenters. The molecular formula is C34H40N6O8. The highest BCUT2D eigenvalue weighted by Crippen LogP contribution is 2.39. The number of ether oxygens (including phenoxy) is 3. The summed E-state index contributed by atoms with van der Waals surface area (Å²) in [6, 6.07) is 16.3. The number of nitro benzene ring substituents is 1. The van der Waals surface area contributed by atoms with Crippen molar-refractivity contribution in [3.05, 3.63) is 87.1 Å². The largest absolute Gasteiger partial charge is 0.468 e. The van der Waals surface area contributed by atoms with E-state index in [0.717, 1.165) is 5.56 Å². The van der Waals surface area contributed by atoms with Crippen LogP contribution < -0.4 is 0 Å². The van der Waals surface area contributed by atoms with Gasteiger partial charge in [-0.1, -0.05) is 37.3 Å². The molecule has 2 heterocycles. The van der Waals surface area contributed by atoms with Crippen LogP contribution in [0.5, 0.6) is 0 Å². The first kappa shape index (κ1) is 35.6. The second kappa shape index (κ2) is 16.5. The summed E-state index contributed by atoms with van der Waals surface area (Å²) in [5, 5.41) is 23.2. The number of nitro groups is 1. The van der Waals surface area contributed by atoms with Crippen molar-refractivity contribution < 1.29 is 33.5 Å². The van der Waals surface area contributed by atoms with Crippen molar-refractivity contribution in [3.8, 4) is 6.07 Å². The molecule has 2 aromatic rings. The quantitative estimate of drug-likeness (QED) is 0.0943. The molecule has 0 radical (unpaired) electrons. The van der Waals surface area contributed by atoms with Gasteiger partial charge in [0, 0.05) is 18.7 Å². The van der Waals surface area contributed by atoms with E-state index in [1.807, 2.05) is 36.4 Å². The van der Waals surface area contributed by atoms with E-state index in [1.54, 1.807) is 6.92 Å². The van der Waals surface area contributed by atoms with Crippen LogP contribution in [0.25, 0.3) is 0 Å². The second-order valence-electron chi connectivity index (χ2n) is 11.4. The molecule has 2 aliphatic rings. The first-order valence-electron chi connectivity index (χ1n) is 15.8. The van der Waals surface area contributed by atoms with Crippen LogP contribution in [-0.2, 0) is 34.0 Å². The van der Waals surface area contributed by atoms with E-state index < -0.39 is 22.3 Å². The molecule has 2 aromatic carbocycles. The van der Waals surface area contributed by atoms with E-state index in [4.69, 9.17) is 19.5 Å². The fourth-order valence-corrected chi connectivity index (χ4v) is 6.26. The number of non-ortho nitro benzene ring substituents is 1. The summed E-state index contributed by atoms with van der Waals surface area (Å²) < 4.78 is 16.3. The number of rotatable bonds is 14. The average Bonchev–Trinajstić information content (AvgIpc) is 3.13. The van der Waals surface area contributed by atoms with Crippen LogP contribution in [0.4, 0.5) is 5.69 Å². The molecule has 14 heteroatoms. The van der Waals surface area contributed by atoms with Gasteiger partial charge in [-0.3, -0.25) is 24.7 Å². The van der Waals surface area contributed by atoms with Crippen LogP contribution in [0.3, 0.4) is 0 Å². The predicted molar refractivity (Wildman–Crippen MR) is 174 cm³/mol. The van der Waals surface area contributed by atoms with Gasteiger partial charge in [-0.05, 0) is 68.6 Å². The van der Waals surface area contributed by atoms with Crippen molar-refractivity contribution in [2.24, 2.45) is 4.99 Å². The van der Waals surface area contributed by atoms with Crippen molar-refractivity contribution in [2.75, 3.05) is 47.0 Å². The highest BCUT2D eigenvalue weighted by molar-refractivity contribution is 5.94. The molecule has 0 N–H and O–H groups in total. The molecule has 4 rings (SSSR count). The lowest BCUT2D eigenvalue weighted by atomic mass is 9.72. The minimum Gasteiger partial charge on any atom is -0.468 e. The molecule has 0 bridgehead atoms. The van der Waals surface area contributed by atoms with Crippen LogP contribution in [-0.4, -0.2) is 91.2 Å². The van der Waals surface area contributed by atoms with Gasteiger partial charge in [-0.15, -0.1) is 0 Å². The van der Waals surface area contributed by atoms with Gasteiger partial charge < -0.3 is 19.1 Å². The number of nitriles is 1. The number of hydrazine groups is 1. The lowest BCUT2D eigenvalue weighted by molar-refractivity contribution is -0.384. The predicted octanol–water partition coefficient (Wildman–Crippen LogP) is 4.05. The average molecular weight is 661 g/mol. The summed E-state index contributed by atoms with van der Waals surface area (Å²) in [6.45, 7) is 3.78. The Morgan fingerprint density at radius 1 is 1.15 bits per heavy atom. The van der Waals surface area contributed by atoms with Crippen LogP contribution in [0.1, 0.15) is 56.2 Å². The third-order valence-electron chi connectivity index (χ3n) is 8.73. The zero-order chi connectivity index (χ0) is 34.7. The lowest BCUT2D eigenvalue weighted by Crippen LogP contribution is -2.52. The number of methoxy groups -OCH3 is 2. The van der Waals surface area contributed by atoms with Gasteiger partial charge in [0.25, 0.3) is 5.69 Å². The minimum atomic E-state index is -0.977. The molecule has 0 spiro atoms. The van der Waals surface area contributed by atoms with E-state index in [1.165, 1.54) is 48.5 Å². The van der Waals surface area contributed by atoms with E-state index in [9.17, 15) is 24.5 Å². The van der Waals surface area contributed by atoms with Crippen molar-refractivity contribution in [1.82, 2.24) is 14.9 Å². The van der Waals surface area contributed by atoms with Crippen LogP contribution in [0, 0.1) is 21.4 Å². The van der Waals surface area contributed by atoms with E-state index in [-0.39, 0.29) is 42.8 Å². The highest BCUT2D eigenvalue weighted by Gasteiger charge is 2.44. The Kier molecular flexibility index (Phi) is 12.2. The number of carbonyl (C=O) groups excluding carboxylic acids is 3. The summed E-state index contributed by atoms with van der Waals surface area (Å²) in [4.78, 5) is 56.9. The maximum absolute atomic E-state index is 13.5. The number of carbonyl (C=O) groups is 3. The number of hydrogen-bond donors (Lipinski definition) is 0. The van der Waals surface area contributed by atoms with Crippen LogP contribution >= 0.6 is 0 Å². The molecule has 254 valence electrons. The number of esters is 2. The summed E-state index contributed by atoms with van der Waals surface area (Å²) in [5.74, 6) is -0.975. The van der Waals surface area contributed by atoms with E-state index in [0.29, 0.717) is 63.0 Å². The third-order valence-corrected chi connectivity index (χ3v) is 8.73. The summed E-state index contributed by atoms with van der Waals surface area (Å²) >= 11 is 0. The molecule has 1 saturated heterocycles. The Bertz CT molecular complexity index is 1560. The van der Waals surface area contributed by atoms with Crippen molar-refractivity contribution in [2.45, 2.75) is 50.5 Å². The Balaban J connectivity index is 1.57. The number of hydrogen-bond acceptors (Lipinski definition) is 12. The normalized spacial score (nSPS) is 17.5. The van der Waals surface area contributed by atoms with Crippen LogP contribution in [0.2, 0.25) is 0 Å². The Morgan fingerprint density at radius 2 is 1.83 bits per heavy atom. The lowest BCUT2D eigenvalue weighted by Gasteiger charge is -2.43. The Hall–Kier alpha value is -5.29. The van der Waals surface area contributed by atoms with E-state index >= 15 is 0 Å². The first-order valence-corrected chi connectivity index (χ1v) is 15.8. The van der Waals surface area contributed by atoms with Gasteiger partial charge in [-0.2, -0.15) is 10.3 Å². The zero-order valence-corrected chi connectivity index (χ0v) is 27.4. The molecule has 1 amide bonds. The van der Waals surface area contributed by atoms with Gasteiger partial charge in [0.1, 0.15) is 12.6 Å². The molecule has 1 fully saturated rings. The number of nitrogens with zero attached hydrogens (tertiary/aromatic N) is 6. The monoisotopic (exact) mass is 660 g/mol. The van der Waals surface area contributed by atoms with Crippen molar-refractivity contribution in [1.29, 1.82) is 5.26 Å². The number of aliphatic imine (C=N–C) groups is 1. The zero-order valence-electron chi connectivity index (χ0n) is 27.4. The maximum atomic E-state index is 13.5. The Morgan fingerprint density at radius 3 is 2.40 bits per heavy atom. The van der Waals surface area contributed by atoms with Crippen molar-refractivity contribution >= 4 is 30.1 Å². The van der Waals surface area contributed by atoms with Crippen LogP contribution in [0.15, 0.2) is 70.9 Å². The second-order valence-corrected chi connectivity index (χ2v) is 11.4. The minimum absolute atomic E-state index is 0.0119. The molecule has 2 aliphatic heterocycles. The molecule has 0 saturated carbocycles. The third kappa shape index (κ3) is 7.63. The maximum Gasteiger partial charge on any atom is 0.338 e. The summed E-state index contributed by atoms with van der Waals surface area (Å²) in [7, 11) is 2.81. The van der Waals surface area contributed by atoms with Gasteiger partial charge >= 0.3 is 18.0 Å². The fraction of sp³-hybridized carbons (Fsp3) is 0.441. The standard InChI is InChI=1S/C34H40N6O8/c1-4-28-29(31(42)48-23-8-18-35)30(25-12-14-27(15-13-25)40(44)45)39(33(36-28)47-3)38(24-41)20-9-19-37-21-16-34(17-22-37,32(43)46-2)26-10-6-5-7-11-26/h5-7,10-15,24,30H,4,8-9,16-17,19-23H2,1-3H3. The topological polar surface area (TPSA) is 168 Å². The van der Waals surface area contributed by atoms with E-state index in [2.05, 4.69) is 9.89 Å². The summed E-state index contributed by atoms with van der Waals surface area (Å²) in [5.41, 5.74) is 1.02. The van der Waals surface area contributed by atoms with Gasteiger partial charge in [-0.25, -0.2) is 9.80 Å². The Labute approximate surface area is 279 Å². The molecule has 0 aromatic heterocycles. The number of allylic oxidation sites excluding steroid dienone is 1. The van der Waals surface area contributed by atoms with Gasteiger partial charge in [0.15, 0.2) is 0 Å². The fourth-order valence-electron chi connectivity index (χ4n) is 6.26. The van der Waals surface area contributed by atoms with Gasteiger partial charge in [0.2, 0.25) is 6.41 Å². The molecular weight excluding hydrogens is 620 g/mol. The van der Waals surface area contributed by atoms with Crippen molar-refractivity contribution in [3.63, 3.8) is 0 Å². The molecule has 48 heavy (non-hydrogen) atoms. The highest BCUT2D eigenvalue weighted by atomic mass is 16.6. The summed E-state index contributed by atoms with van der Waals surface area (Å²) in [6.07, 6.45) is 2.62. The molecule has 1 unspecified atom stereocenters. The number of benzene rings is 2. The number of piperidine rings is 1. The molecule has 0 aliphatic carbocycles. The molecule has 14 nitrogen and oxygen atoms in total. The first-order chi connectivity index (χ1) is 23.2.